The van der Waals surface area contributed by atoms with Gasteiger partial charge >= 0.3 is 0 Å². The molecule has 0 bridgehead atoms. The van der Waals surface area contributed by atoms with E-state index in [-0.39, 0.29) is 14.9 Å². The maximum atomic E-state index is 13.0. The van der Waals surface area contributed by atoms with Crippen LogP contribution in [0.4, 0.5) is 0 Å². The summed E-state index contributed by atoms with van der Waals surface area (Å²) in [6.45, 7) is 4.27. The van der Waals surface area contributed by atoms with Gasteiger partial charge in [-0.05, 0) is 19.1 Å². The zero-order valence-electron chi connectivity index (χ0n) is 16.4. The van der Waals surface area contributed by atoms with E-state index in [4.69, 9.17) is 23.2 Å². The van der Waals surface area contributed by atoms with Crippen molar-refractivity contribution < 1.29 is 8.42 Å². The number of halogens is 2. The predicted octanol–water partition coefficient (Wildman–Crippen LogP) is 3.52. The Morgan fingerprint density at radius 2 is 1.67 bits per heavy atom. The quantitative estimate of drug-likeness (QED) is 0.576. The Morgan fingerprint density at radius 3 is 2.37 bits per heavy atom. The van der Waals surface area contributed by atoms with Gasteiger partial charge < -0.3 is 0 Å². The first-order valence-corrected chi connectivity index (χ1v) is 11.7. The van der Waals surface area contributed by atoms with Crippen LogP contribution in [0.25, 0.3) is 11.4 Å². The first kappa shape index (κ1) is 21.3. The first-order valence-electron chi connectivity index (χ1n) is 9.49. The van der Waals surface area contributed by atoms with Gasteiger partial charge in [0.25, 0.3) is 0 Å². The second-order valence-electron chi connectivity index (χ2n) is 7.06. The van der Waals surface area contributed by atoms with Gasteiger partial charge in [-0.2, -0.15) is 9.40 Å². The molecule has 0 aliphatic carbocycles. The summed E-state index contributed by atoms with van der Waals surface area (Å²) < 4.78 is 29.3. The molecule has 1 aliphatic heterocycles. The Morgan fingerprint density at radius 1 is 0.967 bits per heavy atom. The van der Waals surface area contributed by atoms with Crippen molar-refractivity contribution in [3.8, 4) is 11.4 Å². The standard InChI is InChI=1S/C20H21Cl2N5O2S/c1-15-23-20(16-6-3-2-4-7-16)27(24-15)14-25-10-12-26(13-11-25)30(28,29)18-9-5-8-17(21)19(18)22/h2-9H,10-14H2,1H3. The van der Waals surface area contributed by atoms with Crippen LogP contribution in [0.1, 0.15) is 5.82 Å². The van der Waals surface area contributed by atoms with Crippen molar-refractivity contribution in [1.82, 2.24) is 24.0 Å². The topological polar surface area (TPSA) is 71.3 Å². The van der Waals surface area contributed by atoms with Gasteiger partial charge in [0.05, 0.1) is 16.7 Å². The maximum absolute atomic E-state index is 13.0. The van der Waals surface area contributed by atoms with E-state index in [0.717, 1.165) is 11.4 Å². The Hall–Kier alpha value is -1.97. The maximum Gasteiger partial charge on any atom is 0.244 e. The largest absolute Gasteiger partial charge is 0.282 e. The number of aryl methyl sites for hydroxylation is 1. The highest BCUT2D eigenvalue weighted by Gasteiger charge is 2.31. The molecule has 158 valence electrons. The molecule has 2 aromatic carbocycles. The zero-order chi connectivity index (χ0) is 21.3. The highest BCUT2D eigenvalue weighted by Crippen LogP contribution is 2.31. The molecule has 3 aromatic rings. The lowest BCUT2D eigenvalue weighted by atomic mass is 10.2. The minimum atomic E-state index is -3.70. The highest BCUT2D eigenvalue weighted by atomic mass is 35.5. The molecule has 1 saturated heterocycles. The van der Waals surface area contributed by atoms with Crippen LogP contribution in [-0.4, -0.2) is 58.6 Å². The SMILES string of the molecule is Cc1nc(-c2ccccc2)n(CN2CCN(S(=O)(=O)c3cccc(Cl)c3Cl)CC2)n1. The molecular formula is C20H21Cl2N5O2S. The van der Waals surface area contributed by atoms with E-state index in [1.54, 1.807) is 12.1 Å². The van der Waals surface area contributed by atoms with Gasteiger partial charge in [-0.25, -0.2) is 18.1 Å². The molecule has 10 heteroatoms. The average Bonchev–Trinajstić information content (AvgIpc) is 3.11. The highest BCUT2D eigenvalue weighted by molar-refractivity contribution is 7.89. The molecular weight excluding hydrogens is 445 g/mol. The van der Waals surface area contributed by atoms with Gasteiger partial charge in [-0.1, -0.05) is 59.6 Å². The lowest BCUT2D eigenvalue weighted by Crippen LogP contribution is -2.49. The van der Waals surface area contributed by atoms with Crippen molar-refractivity contribution in [2.45, 2.75) is 18.5 Å². The third kappa shape index (κ3) is 4.24. The van der Waals surface area contributed by atoms with Gasteiger partial charge in [-0.3, -0.25) is 4.90 Å². The number of rotatable bonds is 5. The molecule has 0 N–H and O–H groups in total. The minimum absolute atomic E-state index is 0.0448. The molecule has 1 aromatic heterocycles. The fourth-order valence-electron chi connectivity index (χ4n) is 3.48. The fraction of sp³-hybridized carbons (Fsp3) is 0.300. The lowest BCUT2D eigenvalue weighted by molar-refractivity contribution is 0.146. The molecule has 0 unspecified atom stereocenters. The van der Waals surface area contributed by atoms with Gasteiger partial charge in [0.15, 0.2) is 5.82 Å². The van der Waals surface area contributed by atoms with Gasteiger partial charge in [0.1, 0.15) is 10.7 Å². The van der Waals surface area contributed by atoms with E-state index in [9.17, 15) is 8.42 Å². The number of hydrogen-bond donors (Lipinski definition) is 0. The number of piperazine rings is 1. The van der Waals surface area contributed by atoms with Crippen molar-refractivity contribution in [2.24, 2.45) is 0 Å². The van der Waals surface area contributed by atoms with E-state index < -0.39 is 10.0 Å². The summed E-state index contributed by atoms with van der Waals surface area (Å²) in [5.74, 6) is 1.50. The van der Waals surface area contributed by atoms with Gasteiger partial charge in [0.2, 0.25) is 10.0 Å². The molecule has 0 radical (unpaired) electrons. The van der Waals surface area contributed by atoms with E-state index in [1.807, 2.05) is 41.9 Å². The zero-order valence-corrected chi connectivity index (χ0v) is 18.7. The molecule has 0 spiro atoms. The van der Waals surface area contributed by atoms with Crippen LogP contribution >= 0.6 is 23.2 Å². The Kier molecular flexibility index (Phi) is 6.13. The second kappa shape index (κ2) is 8.64. The molecule has 0 atom stereocenters. The van der Waals surface area contributed by atoms with Crippen LogP contribution in [0.3, 0.4) is 0 Å². The number of sulfonamides is 1. The summed E-state index contributed by atoms with van der Waals surface area (Å²) in [7, 11) is -3.70. The molecule has 1 aliphatic rings. The van der Waals surface area contributed by atoms with E-state index in [2.05, 4.69) is 15.0 Å². The van der Waals surface area contributed by atoms with Crippen LogP contribution in [0.15, 0.2) is 53.4 Å². The van der Waals surface area contributed by atoms with Crippen molar-refractivity contribution in [3.63, 3.8) is 0 Å². The number of hydrogen-bond acceptors (Lipinski definition) is 5. The third-order valence-corrected chi connectivity index (χ3v) is 7.88. The molecule has 30 heavy (non-hydrogen) atoms. The molecule has 1 fully saturated rings. The summed E-state index contributed by atoms with van der Waals surface area (Å²) >= 11 is 12.1. The van der Waals surface area contributed by atoms with Crippen molar-refractivity contribution in [1.29, 1.82) is 0 Å². The minimum Gasteiger partial charge on any atom is -0.282 e. The Balaban J connectivity index is 1.47. The van der Waals surface area contributed by atoms with Crippen molar-refractivity contribution in [3.05, 3.63) is 64.4 Å². The van der Waals surface area contributed by atoms with E-state index in [0.29, 0.717) is 38.7 Å². The average molecular weight is 466 g/mol. The molecule has 0 amide bonds. The lowest BCUT2D eigenvalue weighted by Gasteiger charge is -2.34. The fourth-order valence-corrected chi connectivity index (χ4v) is 5.64. The van der Waals surface area contributed by atoms with Crippen LogP contribution in [-0.2, 0) is 16.7 Å². The summed E-state index contributed by atoms with van der Waals surface area (Å²) in [6, 6.07) is 14.5. The Labute approximate surface area is 185 Å². The normalized spacial score (nSPS) is 16.1. The monoisotopic (exact) mass is 465 g/mol. The van der Waals surface area contributed by atoms with Crippen LogP contribution in [0.5, 0.6) is 0 Å². The number of benzene rings is 2. The third-order valence-electron chi connectivity index (χ3n) is 5.01. The molecule has 7 nitrogen and oxygen atoms in total. The number of nitrogens with zero attached hydrogens (tertiary/aromatic N) is 5. The Bertz CT molecular complexity index is 1140. The van der Waals surface area contributed by atoms with E-state index >= 15 is 0 Å². The van der Waals surface area contributed by atoms with Crippen molar-refractivity contribution >= 4 is 33.2 Å². The summed E-state index contributed by atoms with van der Waals surface area (Å²) in [6.07, 6.45) is 0. The van der Waals surface area contributed by atoms with Crippen LogP contribution in [0, 0.1) is 6.92 Å². The van der Waals surface area contributed by atoms with E-state index in [1.165, 1.54) is 10.4 Å². The van der Waals surface area contributed by atoms with Gasteiger partial charge in [-0.15, -0.1) is 0 Å². The van der Waals surface area contributed by atoms with Gasteiger partial charge in [0, 0.05) is 31.7 Å². The summed E-state index contributed by atoms with van der Waals surface area (Å²) in [5.41, 5.74) is 0.995. The summed E-state index contributed by atoms with van der Waals surface area (Å²) in [4.78, 5) is 6.75. The van der Waals surface area contributed by atoms with Crippen LogP contribution in [0.2, 0.25) is 10.0 Å². The second-order valence-corrected chi connectivity index (χ2v) is 9.76. The van der Waals surface area contributed by atoms with Crippen LogP contribution < -0.4 is 0 Å². The predicted molar refractivity (Wildman–Crippen MR) is 117 cm³/mol. The summed E-state index contributed by atoms with van der Waals surface area (Å²) in [5, 5.41) is 4.81. The molecule has 0 saturated carbocycles. The van der Waals surface area contributed by atoms with Crippen molar-refractivity contribution in [2.75, 3.05) is 26.2 Å². The number of aromatic nitrogens is 3. The molecule has 4 rings (SSSR count). The molecule has 2 heterocycles. The smallest absolute Gasteiger partial charge is 0.244 e. The first-order chi connectivity index (χ1) is 14.4.